The van der Waals surface area contributed by atoms with E-state index in [9.17, 15) is 13.2 Å². The van der Waals surface area contributed by atoms with Crippen LogP contribution in [-0.4, -0.2) is 26.5 Å². The summed E-state index contributed by atoms with van der Waals surface area (Å²) < 4.78 is 42.0. The summed E-state index contributed by atoms with van der Waals surface area (Å²) in [5.41, 5.74) is 0. The predicted molar refractivity (Wildman–Crippen MR) is 43.8 cm³/mol. The molecule has 0 bridgehead atoms. The van der Waals surface area contributed by atoms with E-state index in [0.717, 1.165) is 12.1 Å². The van der Waals surface area contributed by atoms with Gasteiger partial charge in [-0.2, -0.15) is 0 Å². The summed E-state index contributed by atoms with van der Waals surface area (Å²) in [6.45, 7) is -1.97. The largest absolute Gasteiger partial charge is 0.373 e. The minimum atomic E-state index is -1.97. The second kappa shape index (κ2) is 4.56. The molecule has 7 heteroatoms. The number of benzene rings is 1. The first kappa shape index (κ1) is 11.2. The van der Waals surface area contributed by atoms with Crippen LogP contribution in [-0.2, 0) is 4.43 Å². The van der Waals surface area contributed by atoms with E-state index in [4.69, 9.17) is 10.2 Å². The van der Waals surface area contributed by atoms with Crippen molar-refractivity contribution in [2.75, 3.05) is 0 Å². The number of aliphatic hydroxyl groups is 2. The normalized spacial score (nSPS) is 11.9. The molecule has 1 rings (SSSR count). The Hall–Kier alpha value is -0.893. The van der Waals surface area contributed by atoms with Crippen molar-refractivity contribution in [3.63, 3.8) is 0 Å². The molecule has 0 aromatic heterocycles. The zero-order chi connectivity index (χ0) is 10.7. The van der Waals surface area contributed by atoms with Gasteiger partial charge in [-0.25, -0.2) is 13.2 Å². The van der Waals surface area contributed by atoms with Crippen LogP contribution in [0.1, 0.15) is 0 Å². The van der Waals surface area contributed by atoms with Gasteiger partial charge < -0.3 is 14.6 Å². The molecule has 0 atom stereocenters. The minimum absolute atomic E-state index is 0.106. The van der Waals surface area contributed by atoms with Crippen LogP contribution in [0.15, 0.2) is 12.1 Å². The van der Waals surface area contributed by atoms with Crippen molar-refractivity contribution in [1.29, 1.82) is 0 Å². The molecule has 1 aromatic rings. The zero-order valence-corrected chi connectivity index (χ0v) is 8.29. The molecular weight excluding hydrogens is 217 g/mol. The fraction of sp³-hybridized carbons (Fsp3) is 0.143. The molecule has 0 radical (unpaired) electrons. The van der Waals surface area contributed by atoms with E-state index in [1.807, 2.05) is 0 Å². The summed E-state index contributed by atoms with van der Waals surface area (Å²) in [5.74, 6) is -4.18. The number of hydrogen-bond donors (Lipinski definition) is 2. The monoisotopic (exact) mass is 224 g/mol. The van der Waals surface area contributed by atoms with Crippen molar-refractivity contribution < 1.29 is 27.8 Å². The topological polar surface area (TPSA) is 49.7 Å². The van der Waals surface area contributed by atoms with Crippen molar-refractivity contribution in [3.05, 3.63) is 29.6 Å². The fourth-order valence-corrected chi connectivity index (χ4v) is 1.73. The molecule has 0 heterocycles. The first-order chi connectivity index (χ1) is 6.50. The van der Waals surface area contributed by atoms with Crippen molar-refractivity contribution in [3.8, 4) is 0 Å². The Bertz CT molecular complexity index is 309. The third-order valence-corrected chi connectivity index (χ3v) is 2.65. The van der Waals surface area contributed by atoms with Gasteiger partial charge in [0.05, 0.1) is 0 Å². The van der Waals surface area contributed by atoms with E-state index >= 15 is 0 Å². The number of halogens is 3. The Morgan fingerprint density at radius 3 is 2.07 bits per heavy atom. The van der Waals surface area contributed by atoms with Gasteiger partial charge in [0.1, 0.15) is 0 Å². The van der Waals surface area contributed by atoms with Gasteiger partial charge in [0.2, 0.25) is 0 Å². The smallest absolute Gasteiger partial charge is 0.256 e. The van der Waals surface area contributed by atoms with Gasteiger partial charge in [0.15, 0.2) is 27.2 Å². The van der Waals surface area contributed by atoms with Gasteiger partial charge in [-0.15, -0.1) is 0 Å². The van der Waals surface area contributed by atoms with Gasteiger partial charge in [0.25, 0.3) is 6.48 Å². The lowest BCUT2D eigenvalue weighted by Crippen LogP contribution is -2.24. The maximum Gasteiger partial charge on any atom is 0.256 e. The standard InChI is InChI=1S/C7H7F3O3Si/c8-4-1-3(14-13-7(11)12)2-5(9)6(4)10/h1-2,7,11-12H,14H2. The molecule has 1 aromatic carbocycles. The minimum Gasteiger partial charge on any atom is -0.373 e. The Morgan fingerprint density at radius 1 is 1.14 bits per heavy atom. The van der Waals surface area contributed by atoms with Crippen LogP contribution >= 0.6 is 0 Å². The molecule has 3 nitrogen and oxygen atoms in total. The summed E-state index contributed by atoms with van der Waals surface area (Å²) in [6, 6.07) is 1.54. The highest BCUT2D eigenvalue weighted by Gasteiger charge is 2.11. The SMILES string of the molecule is OC(O)O[SiH2]c1cc(F)c(F)c(F)c1. The van der Waals surface area contributed by atoms with Crippen LogP contribution in [0.25, 0.3) is 0 Å². The summed E-state index contributed by atoms with van der Waals surface area (Å²) in [5, 5.41) is 16.7. The molecule has 0 aliphatic heterocycles. The third-order valence-electron chi connectivity index (χ3n) is 1.44. The van der Waals surface area contributed by atoms with E-state index in [1.165, 1.54) is 0 Å². The molecule has 0 fully saturated rings. The number of rotatable bonds is 3. The van der Waals surface area contributed by atoms with Crippen molar-refractivity contribution in [1.82, 2.24) is 0 Å². The molecule has 0 saturated carbocycles. The van der Waals surface area contributed by atoms with Crippen molar-refractivity contribution >= 4 is 14.9 Å². The molecule has 2 N–H and O–H groups in total. The molecule has 0 unspecified atom stereocenters. The maximum absolute atomic E-state index is 12.6. The Kier molecular flexibility index (Phi) is 3.64. The van der Waals surface area contributed by atoms with Gasteiger partial charge in [0, 0.05) is 0 Å². The maximum atomic E-state index is 12.6. The Balaban J connectivity index is 2.79. The highest BCUT2D eigenvalue weighted by Crippen LogP contribution is 2.07. The molecule has 0 spiro atoms. The van der Waals surface area contributed by atoms with E-state index < -0.39 is 33.7 Å². The third kappa shape index (κ3) is 2.81. The van der Waals surface area contributed by atoms with Crippen LogP contribution in [0.3, 0.4) is 0 Å². The van der Waals surface area contributed by atoms with E-state index in [0.29, 0.717) is 0 Å². The van der Waals surface area contributed by atoms with Crippen LogP contribution in [0.5, 0.6) is 0 Å². The van der Waals surface area contributed by atoms with Gasteiger partial charge in [-0.1, -0.05) is 0 Å². The molecule has 0 aliphatic rings. The number of aliphatic hydroxyl groups excluding tert-OH is 1. The lowest BCUT2D eigenvalue weighted by atomic mass is 10.3. The van der Waals surface area contributed by atoms with Crippen molar-refractivity contribution in [2.45, 2.75) is 6.48 Å². The zero-order valence-electron chi connectivity index (χ0n) is 6.88. The van der Waals surface area contributed by atoms with Crippen LogP contribution in [0.2, 0.25) is 0 Å². The van der Waals surface area contributed by atoms with Gasteiger partial charge in [-0.3, -0.25) is 0 Å². The summed E-state index contributed by atoms with van der Waals surface area (Å²) in [4.78, 5) is 0. The fourth-order valence-electron chi connectivity index (χ4n) is 0.862. The molecule has 0 amide bonds. The Morgan fingerprint density at radius 2 is 1.64 bits per heavy atom. The lowest BCUT2D eigenvalue weighted by molar-refractivity contribution is -0.179. The van der Waals surface area contributed by atoms with Crippen LogP contribution in [0, 0.1) is 17.5 Å². The summed E-state index contributed by atoms with van der Waals surface area (Å²) in [6.07, 6.45) is 0. The Labute approximate surface area is 79.7 Å². The first-order valence-electron chi connectivity index (χ1n) is 3.62. The first-order valence-corrected chi connectivity index (χ1v) is 4.90. The molecule has 14 heavy (non-hydrogen) atoms. The average molecular weight is 224 g/mol. The lowest BCUT2D eigenvalue weighted by Gasteiger charge is -2.05. The average Bonchev–Trinajstić information content (AvgIpc) is 2.10. The predicted octanol–water partition coefficient (Wildman–Crippen LogP) is -0.902. The molecule has 0 saturated heterocycles. The van der Waals surface area contributed by atoms with Gasteiger partial charge >= 0.3 is 0 Å². The highest BCUT2D eigenvalue weighted by molar-refractivity contribution is 6.46. The molecular formula is C7H7F3O3Si. The van der Waals surface area contributed by atoms with Crippen LogP contribution < -0.4 is 5.19 Å². The van der Waals surface area contributed by atoms with Crippen LogP contribution in [0.4, 0.5) is 13.2 Å². The molecule has 78 valence electrons. The van der Waals surface area contributed by atoms with E-state index in [2.05, 4.69) is 4.43 Å². The summed E-state index contributed by atoms with van der Waals surface area (Å²) in [7, 11) is -1.66. The van der Waals surface area contributed by atoms with E-state index in [-0.39, 0.29) is 5.19 Å². The quantitative estimate of drug-likeness (QED) is 0.397. The second-order valence-corrected chi connectivity index (χ2v) is 3.95. The van der Waals surface area contributed by atoms with E-state index in [1.54, 1.807) is 0 Å². The number of hydrogen-bond acceptors (Lipinski definition) is 3. The summed E-state index contributed by atoms with van der Waals surface area (Å²) >= 11 is 0. The van der Waals surface area contributed by atoms with Crippen molar-refractivity contribution in [2.24, 2.45) is 0 Å². The highest BCUT2D eigenvalue weighted by atomic mass is 28.2. The van der Waals surface area contributed by atoms with Gasteiger partial charge in [-0.05, 0) is 17.3 Å². The molecule has 0 aliphatic carbocycles. The second-order valence-electron chi connectivity index (χ2n) is 2.51.